The Morgan fingerprint density at radius 1 is 1.28 bits per heavy atom. The maximum absolute atomic E-state index is 11.1. The van der Waals surface area contributed by atoms with Gasteiger partial charge >= 0.3 is 0 Å². The molecule has 1 amide bonds. The lowest BCUT2D eigenvalue weighted by Crippen LogP contribution is -2.13. The van der Waals surface area contributed by atoms with Gasteiger partial charge in [-0.3, -0.25) is 4.79 Å². The Morgan fingerprint density at radius 2 is 1.94 bits per heavy atom. The Labute approximate surface area is 114 Å². The van der Waals surface area contributed by atoms with E-state index in [1.54, 1.807) is 0 Å². The van der Waals surface area contributed by atoms with Crippen LogP contribution in [0.4, 0.5) is 0 Å². The van der Waals surface area contributed by atoms with E-state index in [2.05, 4.69) is 9.97 Å². The monoisotopic (exact) mass is 279 g/mol. The molecule has 2 N–H and O–H groups in total. The molecule has 1 aromatic carbocycles. The lowest BCUT2D eigenvalue weighted by Gasteiger charge is -2.03. The normalized spacial score (nSPS) is 10.3. The number of primary amides is 1. The highest BCUT2D eigenvalue weighted by Gasteiger charge is 2.08. The first-order chi connectivity index (χ1) is 8.54. The van der Waals surface area contributed by atoms with Crippen molar-refractivity contribution in [2.75, 3.05) is 0 Å². The summed E-state index contributed by atoms with van der Waals surface area (Å²) in [5.74, 6) is -0.620. The highest BCUT2D eigenvalue weighted by molar-refractivity contribution is 7.99. The molecule has 0 aliphatic heterocycles. The topological polar surface area (TPSA) is 68.9 Å². The predicted octanol–water partition coefficient (Wildman–Crippen LogP) is 2.69. The Morgan fingerprint density at radius 3 is 2.56 bits per heavy atom. The van der Waals surface area contributed by atoms with E-state index in [9.17, 15) is 4.79 Å². The summed E-state index contributed by atoms with van der Waals surface area (Å²) < 4.78 is 0. The lowest BCUT2D eigenvalue weighted by atomic mass is 10.2. The average Bonchev–Trinajstić information content (AvgIpc) is 2.31. The van der Waals surface area contributed by atoms with Crippen LogP contribution in [0.1, 0.15) is 16.1 Å². The molecule has 0 radical (unpaired) electrons. The van der Waals surface area contributed by atoms with Crippen molar-refractivity contribution in [1.82, 2.24) is 9.97 Å². The van der Waals surface area contributed by atoms with E-state index in [1.807, 2.05) is 31.2 Å². The third kappa shape index (κ3) is 3.21. The van der Waals surface area contributed by atoms with Gasteiger partial charge in [0.1, 0.15) is 10.7 Å². The molecule has 1 aromatic heterocycles. The molecular formula is C12H10ClN3OS. The van der Waals surface area contributed by atoms with Gasteiger partial charge in [0.25, 0.3) is 5.91 Å². The van der Waals surface area contributed by atoms with Crippen LogP contribution in [0, 0.1) is 6.92 Å². The van der Waals surface area contributed by atoms with E-state index >= 15 is 0 Å². The van der Waals surface area contributed by atoms with Gasteiger partial charge in [0.15, 0.2) is 0 Å². The van der Waals surface area contributed by atoms with Gasteiger partial charge in [0, 0.05) is 11.0 Å². The van der Waals surface area contributed by atoms with Gasteiger partial charge < -0.3 is 5.73 Å². The van der Waals surface area contributed by atoms with Gasteiger partial charge in [0.05, 0.1) is 0 Å². The van der Waals surface area contributed by atoms with E-state index in [4.69, 9.17) is 17.3 Å². The largest absolute Gasteiger partial charge is 0.364 e. The van der Waals surface area contributed by atoms with Crippen LogP contribution in [0.15, 0.2) is 40.3 Å². The average molecular weight is 280 g/mol. The SMILES string of the molecule is Cc1ccc(Sc2cc(C(N)=O)nc(Cl)n2)cc1. The van der Waals surface area contributed by atoms with Crippen LogP contribution >= 0.6 is 23.4 Å². The second-order valence-corrected chi connectivity index (χ2v) is 5.07. The summed E-state index contributed by atoms with van der Waals surface area (Å²) in [4.78, 5) is 19.9. The molecule has 4 nitrogen and oxygen atoms in total. The second-order valence-electron chi connectivity index (χ2n) is 3.64. The number of aromatic nitrogens is 2. The first-order valence-electron chi connectivity index (χ1n) is 5.13. The minimum atomic E-state index is -0.620. The molecule has 0 aliphatic rings. The zero-order chi connectivity index (χ0) is 13.1. The molecule has 0 atom stereocenters. The van der Waals surface area contributed by atoms with Gasteiger partial charge in [-0.25, -0.2) is 9.97 Å². The summed E-state index contributed by atoms with van der Waals surface area (Å²) in [6, 6.07) is 9.47. The number of nitrogens with zero attached hydrogens (tertiary/aromatic N) is 2. The van der Waals surface area contributed by atoms with Crippen molar-refractivity contribution in [2.24, 2.45) is 5.73 Å². The van der Waals surface area contributed by atoms with E-state index in [-0.39, 0.29) is 11.0 Å². The molecule has 6 heteroatoms. The molecule has 2 rings (SSSR count). The summed E-state index contributed by atoms with van der Waals surface area (Å²) in [6.07, 6.45) is 0. The Balaban J connectivity index is 2.28. The number of aryl methyl sites for hydroxylation is 1. The zero-order valence-electron chi connectivity index (χ0n) is 9.55. The van der Waals surface area contributed by atoms with Crippen LogP contribution in [0.25, 0.3) is 0 Å². The smallest absolute Gasteiger partial charge is 0.267 e. The molecule has 0 bridgehead atoms. The highest BCUT2D eigenvalue weighted by atomic mass is 35.5. The third-order valence-corrected chi connectivity index (χ3v) is 3.27. The van der Waals surface area contributed by atoms with Gasteiger partial charge in [-0.1, -0.05) is 29.5 Å². The molecule has 0 fully saturated rings. The van der Waals surface area contributed by atoms with Crippen molar-refractivity contribution in [3.8, 4) is 0 Å². The molecule has 18 heavy (non-hydrogen) atoms. The standard InChI is InChI=1S/C12H10ClN3OS/c1-7-2-4-8(5-3-7)18-10-6-9(11(14)17)15-12(13)16-10/h2-6H,1H3,(H2,14,17). The van der Waals surface area contributed by atoms with Crippen molar-refractivity contribution in [1.29, 1.82) is 0 Å². The van der Waals surface area contributed by atoms with Crippen LogP contribution in [0.2, 0.25) is 5.28 Å². The van der Waals surface area contributed by atoms with Crippen molar-refractivity contribution in [2.45, 2.75) is 16.8 Å². The first-order valence-corrected chi connectivity index (χ1v) is 6.33. The maximum Gasteiger partial charge on any atom is 0.267 e. The fourth-order valence-electron chi connectivity index (χ4n) is 1.30. The minimum absolute atomic E-state index is 0.0147. The number of nitrogens with two attached hydrogens (primary N) is 1. The maximum atomic E-state index is 11.1. The molecule has 1 heterocycles. The van der Waals surface area contributed by atoms with Crippen LogP contribution in [-0.2, 0) is 0 Å². The third-order valence-electron chi connectivity index (χ3n) is 2.17. The van der Waals surface area contributed by atoms with Gasteiger partial charge in [-0.05, 0) is 30.7 Å². The summed E-state index contributed by atoms with van der Waals surface area (Å²) in [5, 5.41) is 0.605. The number of rotatable bonds is 3. The van der Waals surface area contributed by atoms with E-state index < -0.39 is 5.91 Å². The number of hydrogen-bond donors (Lipinski definition) is 1. The Hall–Kier alpha value is -1.59. The molecule has 0 saturated carbocycles. The number of benzene rings is 1. The van der Waals surface area contributed by atoms with Gasteiger partial charge in [-0.15, -0.1) is 0 Å². The fourth-order valence-corrected chi connectivity index (χ4v) is 2.35. The second kappa shape index (κ2) is 5.37. The first kappa shape index (κ1) is 12.9. The number of halogens is 1. The summed E-state index contributed by atoms with van der Waals surface area (Å²) in [7, 11) is 0. The van der Waals surface area contributed by atoms with Crippen LogP contribution in [-0.4, -0.2) is 15.9 Å². The van der Waals surface area contributed by atoms with Crippen LogP contribution in [0.5, 0.6) is 0 Å². The molecule has 92 valence electrons. The van der Waals surface area contributed by atoms with Crippen LogP contribution in [0.3, 0.4) is 0 Å². The van der Waals surface area contributed by atoms with E-state index in [0.29, 0.717) is 5.03 Å². The Kier molecular flexibility index (Phi) is 3.84. The van der Waals surface area contributed by atoms with E-state index in [1.165, 1.54) is 23.4 Å². The molecular weight excluding hydrogens is 270 g/mol. The summed E-state index contributed by atoms with van der Waals surface area (Å²) >= 11 is 7.14. The number of carbonyl (C=O) groups is 1. The number of carbonyl (C=O) groups excluding carboxylic acids is 1. The van der Waals surface area contributed by atoms with Crippen LogP contribution < -0.4 is 5.73 Å². The number of hydrogen-bond acceptors (Lipinski definition) is 4. The molecule has 0 spiro atoms. The fraction of sp³-hybridized carbons (Fsp3) is 0.0833. The molecule has 0 aliphatic carbocycles. The molecule has 0 saturated heterocycles. The van der Waals surface area contributed by atoms with Crippen molar-refractivity contribution >= 4 is 29.3 Å². The highest BCUT2D eigenvalue weighted by Crippen LogP contribution is 2.27. The van der Waals surface area contributed by atoms with Crippen molar-refractivity contribution in [3.05, 3.63) is 46.9 Å². The van der Waals surface area contributed by atoms with Gasteiger partial charge in [0.2, 0.25) is 5.28 Å². The Bertz CT molecular complexity index is 586. The quantitative estimate of drug-likeness (QED) is 0.693. The predicted molar refractivity (Wildman–Crippen MR) is 70.9 cm³/mol. The number of amides is 1. The van der Waals surface area contributed by atoms with Gasteiger partial charge in [-0.2, -0.15) is 0 Å². The summed E-state index contributed by atoms with van der Waals surface area (Å²) in [5.41, 5.74) is 6.46. The molecule has 2 aromatic rings. The zero-order valence-corrected chi connectivity index (χ0v) is 11.1. The summed E-state index contributed by atoms with van der Waals surface area (Å²) in [6.45, 7) is 2.02. The van der Waals surface area contributed by atoms with Crippen molar-refractivity contribution in [3.63, 3.8) is 0 Å². The van der Waals surface area contributed by atoms with E-state index in [0.717, 1.165) is 4.90 Å². The molecule has 0 unspecified atom stereocenters. The minimum Gasteiger partial charge on any atom is -0.364 e. The van der Waals surface area contributed by atoms with Crippen molar-refractivity contribution < 1.29 is 4.79 Å². The lowest BCUT2D eigenvalue weighted by molar-refractivity contribution is 0.0995.